The number of hydrogen-bond donors (Lipinski definition) is 0. The van der Waals surface area contributed by atoms with E-state index in [-0.39, 0.29) is 25.7 Å². The van der Waals surface area contributed by atoms with Crippen LogP contribution in [0.4, 0.5) is 0 Å². The van der Waals surface area contributed by atoms with Crippen molar-refractivity contribution in [2.75, 3.05) is 11.5 Å². The number of rotatable bonds is 12. The third-order valence-electron chi connectivity index (χ3n) is 6.26. The lowest BCUT2D eigenvalue weighted by Crippen LogP contribution is -2.40. The van der Waals surface area contributed by atoms with Crippen LogP contribution in [0.5, 0.6) is 0 Å². The Hall–Kier alpha value is -1.00. The average molecular weight is 547 g/mol. The highest BCUT2D eigenvalue weighted by atomic mass is 32.3. The maximum Gasteiger partial charge on any atom is 0.232 e. The second-order valence-corrected chi connectivity index (χ2v) is 18.2. The molecule has 0 aromatic carbocycles. The van der Waals surface area contributed by atoms with Crippen molar-refractivity contribution in [3.8, 4) is 0 Å². The molecule has 0 aromatic heterocycles. The zero-order valence-electron chi connectivity index (χ0n) is 18.2. The molecule has 0 heterocycles. The first kappa shape index (κ1) is 28.2. The first-order chi connectivity index (χ1) is 15.3. The van der Waals surface area contributed by atoms with Crippen molar-refractivity contribution in [3.63, 3.8) is 0 Å². The number of hydrogen-bond acceptors (Lipinski definition) is 10. The predicted octanol–water partition coefficient (Wildman–Crippen LogP) is 2.31. The highest BCUT2D eigenvalue weighted by Gasteiger charge is 2.43. The van der Waals surface area contributed by atoms with Crippen LogP contribution in [0.1, 0.15) is 70.6 Å². The lowest BCUT2D eigenvalue weighted by Gasteiger charge is -2.27. The molecule has 2 aliphatic carbocycles. The number of nitrogens with zero attached hydrogens (tertiary/aromatic N) is 4. The molecule has 12 nitrogen and oxygen atoms in total. The molecule has 2 rings (SSSR count). The Labute approximate surface area is 196 Å². The first-order valence-corrected chi connectivity index (χ1v) is 17.5. The van der Waals surface area contributed by atoms with E-state index in [1.54, 1.807) is 0 Å². The summed E-state index contributed by atoms with van der Waals surface area (Å²) in [5, 5.41) is 3.25. The topological polar surface area (TPSA) is 206 Å². The molecular formula is C17H30N4O8S4-2. The first-order valence-electron chi connectivity index (χ1n) is 10.9. The Morgan fingerprint density at radius 1 is 0.576 bits per heavy atom. The van der Waals surface area contributed by atoms with Gasteiger partial charge in [-0.1, -0.05) is 38.5 Å². The zero-order chi connectivity index (χ0) is 24.9. The van der Waals surface area contributed by atoms with Crippen molar-refractivity contribution in [2.24, 2.45) is 10.2 Å². The molecule has 0 N–H and O–H groups in total. The van der Waals surface area contributed by atoms with Crippen LogP contribution in [0.3, 0.4) is 0 Å². The van der Waals surface area contributed by atoms with Crippen molar-refractivity contribution in [1.82, 2.24) is 0 Å². The largest absolute Gasteiger partial charge is 0.710 e. The van der Waals surface area contributed by atoms with Crippen molar-refractivity contribution in [2.45, 2.75) is 90.5 Å². The van der Waals surface area contributed by atoms with E-state index in [0.717, 1.165) is 12.8 Å². The molecule has 0 aromatic rings. The van der Waals surface area contributed by atoms with Crippen LogP contribution in [-0.2, 0) is 39.3 Å². The fourth-order valence-electron chi connectivity index (χ4n) is 4.46. The van der Waals surface area contributed by atoms with Gasteiger partial charge < -0.3 is 21.3 Å². The van der Waals surface area contributed by atoms with Crippen molar-refractivity contribution >= 4 is 39.3 Å². The third-order valence-corrected chi connectivity index (χ3v) is 16.9. The summed E-state index contributed by atoms with van der Waals surface area (Å²) in [7, 11) is -17.9. The minimum atomic E-state index is -4.60. The molecule has 0 saturated heterocycles. The molecule has 2 aliphatic rings. The summed E-state index contributed by atoms with van der Waals surface area (Å²) in [6, 6.07) is 0. The Kier molecular flexibility index (Phi) is 9.55. The molecule has 2 unspecified atom stereocenters. The van der Waals surface area contributed by atoms with Gasteiger partial charge in [0.2, 0.25) is 9.41 Å². The average Bonchev–Trinajstić information content (AvgIpc) is 2.74. The maximum atomic E-state index is 12.7. The fourth-order valence-corrected chi connectivity index (χ4v) is 14.1. The second kappa shape index (κ2) is 11.2. The van der Waals surface area contributed by atoms with Crippen LogP contribution >= 0.6 is 0 Å². The van der Waals surface area contributed by atoms with E-state index < -0.39 is 77.2 Å². The van der Waals surface area contributed by atoms with E-state index in [1.807, 2.05) is 0 Å². The van der Waals surface area contributed by atoms with Gasteiger partial charge in [0.1, 0.15) is 0 Å². The van der Waals surface area contributed by atoms with Crippen LogP contribution in [0.2, 0.25) is 0 Å². The highest BCUT2D eigenvalue weighted by Crippen LogP contribution is 2.31. The Morgan fingerprint density at radius 2 is 0.879 bits per heavy atom. The molecule has 0 amide bonds. The van der Waals surface area contributed by atoms with Gasteiger partial charge in [0.25, 0.3) is 0 Å². The van der Waals surface area contributed by atoms with E-state index in [9.17, 15) is 44.7 Å². The van der Waals surface area contributed by atoms with Gasteiger partial charge in [-0.25, -0.2) is 33.7 Å². The number of sulfone groups is 4. The minimum Gasteiger partial charge on any atom is -0.710 e. The summed E-state index contributed by atoms with van der Waals surface area (Å²) < 4.78 is 96.4. The van der Waals surface area contributed by atoms with Crippen molar-refractivity contribution < 1.29 is 33.7 Å². The molecule has 2 atom stereocenters. The van der Waals surface area contributed by atoms with Crippen molar-refractivity contribution in [3.05, 3.63) is 11.1 Å². The summed E-state index contributed by atoms with van der Waals surface area (Å²) in [6.07, 6.45) is 4.37. The van der Waals surface area contributed by atoms with Crippen LogP contribution in [0, 0.1) is 0 Å². The lowest BCUT2D eigenvalue weighted by atomic mass is 10.0. The molecule has 0 radical (unpaired) electrons. The van der Waals surface area contributed by atoms with Crippen LogP contribution in [0.15, 0.2) is 10.2 Å². The minimum absolute atomic E-state index is 0.247. The summed E-state index contributed by atoms with van der Waals surface area (Å²) in [5.74, 6) is -1.93. The highest BCUT2D eigenvalue weighted by molar-refractivity contribution is 8.10. The maximum absolute atomic E-state index is 12.7. The van der Waals surface area contributed by atoms with Gasteiger partial charge in [0.15, 0.2) is 39.3 Å². The van der Waals surface area contributed by atoms with Crippen molar-refractivity contribution in [1.29, 1.82) is 0 Å². The summed E-state index contributed by atoms with van der Waals surface area (Å²) in [4.78, 5) is 0. The summed E-state index contributed by atoms with van der Waals surface area (Å²) in [5.41, 5.74) is 18.4. The van der Waals surface area contributed by atoms with Gasteiger partial charge in [-0.05, 0) is 32.1 Å². The summed E-state index contributed by atoms with van der Waals surface area (Å²) >= 11 is 0. The van der Waals surface area contributed by atoms with Gasteiger partial charge in [-0.15, -0.1) is 0 Å². The zero-order valence-corrected chi connectivity index (χ0v) is 21.5. The molecule has 192 valence electrons. The molecule has 2 fully saturated rings. The molecule has 0 spiro atoms. The third kappa shape index (κ3) is 6.57. The fraction of sp³-hybridized carbons (Fsp3) is 1.00. The van der Waals surface area contributed by atoms with Gasteiger partial charge >= 0.3 is 0 Å². The SMILES string of the molecule is [N-]=NC(S(=O)(=O)CCCS(=O)(=O)C(N=[N-])S(=O)(=O)C1CCCCC1)S(=O)(=O)C1CCCCC1. The second-order valence-electron chi connectivity index (χ2n) is 8.63. The predicted molar refractivity (Wildman–Crippen MR) is 123 cm³/mol. The normalized spacial score (nSPS) is 21.8. The smallest absolute Gasteiger partial charge is 0.232 e. The van der Waals surface area contributed by atoms with Gasteiger partial charge in [0, 0.05) is 0 Å². The molecule has 0 aliphatic heterocycles. The van der Waals surface area contributed by atoms with Gasteiger partial charge in [0.05, 0.1) is 22.0 Å². The molecule has 0 bridgehead atoms. The standard InChI is InChI=1S/C17H30N4O8S4/c18-20-16(32(26,27)14-8-3-1-4-9-14)30(22,23)12-7-13-31(24,25)17(21-19)33(28,29)15-10-5-2-6-11-15/h14-17H,1-13H2/q-2. The Morgan fingerprint density at radius 3 is 1.15 bits per heavy atom. The Bertz CT molecular complexity index is 1030. The van der Waals surface area contributed by atoms with E-state index in [4.69, 9.17) is 0 Å². The van der Waals surface area contributed by atoms with Crippen LogP contribution in [-0.4, -0.2) is 65.1 Å². The quantitative estimate of drug-likeness (QED) is 0.331. The van der Waals surface area contributed by atoms with Crippen LogP contribution < -0.4 is 0 Å². The van der Waals surface area contributed by atoms with E-state index >= 15 is 0 Å². The molecule has 2 saturated carbocycles. The van der Waals surface area contributed by atoms with Crippen LogP contribution in [0.25, 0.3) is 11.1 Å². The van der Waals surface area contributed by atoms with E-state index in [0.29, 0.717) is 25.7 Å². The Balaban J connectivity index is 2.12. The molecular weight excluding hydrogens is 516 g/mol. The van der Waals surface area contributed by atoms with Gasteiger partial charge in [-0.3, -0.25) is 0 Å². The monoisotopic (exact) mass is 546 g/mol. The molecule has 33 heavy (non-hydrogen) atoms. The van der Waals surface area contributed by atoms with E-state index in [2.05, 4.69) is 10.2 Å². The molecule has 16 heteroatoms. The van der Waals surface area contributed by atoms with Gasteiger partial charge in [-0.2, -0.15) is 0 Å². The summed E-state index contributed by atoms with van der Waals surface area (Å²) in [6.45, 7) is 0. The van der Waals surface area contributed by atoms with E-state index in [1.165, 1.54) is 0 Å². The lowest BCUT2D eigenvalue weighted by molar-refractivity contribution is 0.481.